The number of hydrogen-bond acceptors (Lipinski definition) is 2. The molecule has 2 heteroatoms. The van der Waals surface area contributed by atoms with Crippen molar-refractivity contribution in [3.8, 4) is 0 Å². The standard InChI is InChI=1S/C7H14N2/c1-6(2)5-8-7(3,4)9-6/h5,9H,1-4H3. The van der Waals surface area contributed by atoms with E-state index in [1.54, 1.807) is 0 Å². The number of nitrogens with one attached hydrogen (secondary N) is 1. The van der Waals surface area contributed by atoms with Gasteiger partial charge in [-0.05, 0) is 27.7 Å². The molecule has 0 saturated carbocycles. The minimum atomic E-state index is -0.0521. The molecule has 0 aromatic rings. The maximum Gasteiger partial charge on any atom is 0.105 e. The summed E-state index contributed by atoms with van der Waals surface area (Å²) in [6, 6.07) is 0. The SMILES string of the molecule is CC1(C)C=NC(C)(C)N1. The summed E-state index contributed by atoms with van der Waals surface area (Å²) >= 11 is 0. The van der Waals surface area contributed by atoms with Gasteiger partial charge in [-0.15, -0.1) is 0 Å². The van der Waals surface area contributed by atoms with Crippen molar-refractivity contribution in [2.75, 3.05) is 0 Å². The van der Waals surface area contributed by atoms with Gasteiger partial charge in [0.05, 0.1) is 0 Å². The zero-order valence-electron chi connectivity index (χ0n) is 6.52. The van der Waals surface area contributed by atoms with Gasteiger partial charge in [-0.3, -0.25) is 10.3 Å². The lowest BCUT2D eigenvalue weighted by Gasteiger charge is -2.22. The van der Waals surface area contributed by atoms with Crippen molar-refractivity contribution in [2.45, 2.75) is 38.9 Å². The van der Waals surface area contributed by atoms with Crippen molar-refractivity contribution in [2.24, 2.45) is 4.99 Å². The third kappa shape index (κ3) is 1.52. The first-order valence-electron chi connectivity index (χ1n) is 3.27. The number of aliphatic imine (C=N–C) groups is 1. The maximum absolute atomic E-state index is 4.28. The molecular formula is C7H14N2. The Morgan fingerprint density at radius 1 is 1.22 bits per heavy atom. The molecule has 1 N–H and O–H groups in total. The van der Waals surface area contributed by atoms with E-state index in [2.05, 4.69) is 38.0 Å². The summed E-state index contributed by atoms with van der Waals surface area (Å²) in [6.07, 6.45) is 1.97. The molecule has 1 aliphatic heterocycles. The van der Waals surface area contributed by atoms with Crippen LogP contribution in [-0.4, -0.2) is 17.4 Å². The molecule has 9 heavy (non-hydrogen) atoms. The summed E-state index contributed by atoms with van der Waals surface area (Å²) < 4.78 is 0. The van der Waals surface area contributed by atoms with E-state index in [0.717, 1.165) is 0 Å². The van der Waals surface area contributed by atoms with Crippen molar-refractivity contribution >= 4 is 6.21 Å². The highest BCUT2D eigenvalue weighted by Gasteiger charge is 2.30. The Balaban J connectivity index is 2.71. The Kier molecular flexibility index (Phi) is 1.17. The van der Waals surface area contributed by atoms with Crippen molar-refractivity contribution in [1.82, 2.24) is 5.32 Å². The lowest BCUT2D eigenvalue weighted by molar-refractivity contribution is 0.372. The maximum atomic E-state index is 4.28. The van der Waals surface area contributed by atoms with E-state index in [1.807, 2.05) is 6.21 Å². The molecule has 1 rings (SSSR count). The Bertz CT molecular complexity index is 129. The first kappa shape index (κ1) is 6.75. The summed E-state index contributed by atoms with van der Waals surface area (Å²) in [5.41, 5.74) is 0.0347. The van der Waals surface area contributed by atoms with E-state index in [1.165, 1.54) is 0 Å². The molecule has 0 unspecified atom stereocenters. The molecular weight excluding hydrogens is 112 g/mol. The van der Waals surface area contributed by atoms with Crippen molar-refractivity contribution in [3.63, 3.8) is 0 Å². The molecule has 0 spiro atoms. The summed E-state index contributed by atoms with van der Waals surface area (Å²) in [6.45, 7) is 8.37. The van der Waals surface area contributed by atoms with Crippen LogP contribution in [0.25, 0.3) is 0 Å². The van der Waals surface area contributed by atoms with Crippen LogP contribution in [0.15, 0.2) is 4.99 Å². The first-order chi connectivity index (χ1) is 3.91. The topological polar surface area (TPSA) is 24.4 Å². The molecule has 1 heterocycles. The largest absolute Gasteiger partial charge is 0.284 e. The molecule has 52 valence electrons. The highest BCUT2D eigenvalue weighted by atomic mass is 15.2. The molecule has 0 saturated heterocycles. The summed E-state index contributed by atoms with van der Waals surface area (Å²) in [5, 5.41) is 3.35. The smallest absolute Gasteiger partial charge is 0.105 e. The van der Waals surface area contributed by atoms with E-state index < -0.39 is 0 Å². The minimum absolute atomic E-state index is 0.0521. The highest BCUT2D eigenvalue weighted by molar-refractivity contribution is 5.71. The van der Waals surface area contributed by atoms with Crippen LogP contribution in [0.1, 0.15) is 27.7 Å². The zero-order valence-corrected chi connectivity index (χ0v) is 6.52. The van der Waals surface area contributed by atoms with Crippen molar-refractivity contribution < 1.29 is 0 Å². The van der Waals surface area contributed by atoms with Gasteiger partial charge in [0.25, 0.3) is 0 Å². The molecule has 0 aliphatic carbocycles. The molecule has 0 fully saturated rings. The first-order valence-corrected chi connectivity index (χ1v) is 3.27. The fourth-order valence-electron chi connectivity index (χ4n) is 1.18. The van der Waals surface area contributed by atoms with Gasteiger partial charge in [0.15, 0.2) is 0 Å². The van der Waals surface area contributed by atoms with Crippen LogP contribution < -0.4 is 5.32 Å². The molecule has 0 bridgehead atoms. The van der Waals surface area contributed by atoms with Crippen LogP contribution in [0.5, 0.6) is 0 Å². The minimum Gasteiger partial charge on any atom is -0.284 e. The average molecular weight is 126 g/mol. The van der Waals surface area contributed by atoms with Crippen LogP contribution in [-0.2, 0) is 0 Å². The van der Waals surface area contributed by atoms with Crippen LogP contribution in [0.4, 0.5) is 0 Å². The Morgan fingerprint density at radius 2 is 1.78 bits per heavy atom. The molecule has 0 radical (unpaired) electrons. The van der Waals surface area contributed by atoms with Crippen LogP contribution in [0.2, 0.25) is 0 Å². The van der Waals surface area contributed by atoms with E-state index in [4.69, 9.17) is 0 Å². The number of rotatable bonds is 0. The zero-order chi connectivity index (χ0) is 7.12. The Morgan fingerprint density at radius 3 is 1.89 bits per heavy atom. The van der Waals surface area contributed by atoms with Gasteiger partial charge in [0, 0.05) is 11.8 Å². The molecule has 1 aliphatic rings. The Hall–Kier alpha value is -0.370. The van der Waals surface area contributed by atoms with Gasteiger partial charge in [-0.25, -0.2) is 0 Å². The van der Waals surface area contributed by atoms with E-state index in [-0.39, 0.29) is 11.2 Å². The van der Waals surface area contributed by atoms with Gasteiger partial charge in [-0.1, -0.05) is 0 Å². The van der Waals surface area contributed by atoms with E-state index in [9.17, 15) is 0 Å². The van der Waals surface area contributed by atoms with Crippen molar-refractivity contribution in [3.05, 3.63) is 0 Å². The second-order valence-electron chi connectivity index (χ2n) is 3.66. The average Bonchev–Trinajstić information content (AvgIpc) is 1.78. The molecule has 0 aromatic heterocycles. The fourth-order valence-corrected chi connectivity index (χ4v) is 1.18. The normalized spacial score (nSPS) is 28.9. The van der Waals surface area contributed by atoms with Crippen molar-refractivity contribution in [1.29, 1.82) is 0 Å². The van der Waals surface area contributed by atoms with Crippen LogP contribution in [0, 0.1) is 0 Å². The molecule has 2 nitrogen and oxygen atoms in total. The van der Waals surface area contributed by atoms with Gasteiger partial charge in [0.1, 0.15) is 5.66 Å². The lowest BCUT2D eigenvalue weighted by Crippen LogP contribution is -2.45. The lowest BCUT2D eigenvalue weighted by atomic mass is 10.1. The predicted octanol–water partition coefficient (Wildman–Crippen LogP) is 1.18. The van der Waals surface area contributed by atoms with Gasteiger partial charge in [-0.2, -0.15) is 0 Å². The highest BCUT2D eigenvalue weighted by Crippen LogP contribution is 2.17. The fraction of sp³-hybridized carbons (Fsp3) is 0.857. The van der Waals surface area contributed by atoms with E-state index >= 15 is 0 Å². The number of hydrogen-bond donors (Lipinski definition) is 1. The summed E-state index contributed by atoms with van der Waals surface area (Å²) in [5.74, 6) is 0. The Labute approximate surface area is 56.4 Å². The molecule has 0 amide bonds. The van der Waals surface area contributed by atoms with Gasteiger partial charge < -0.3 is 0 Å². The monoisotopic (exact) mass is 126 g/mol. The van der Waals surface area contributed by atoms with Crippen LogP contribution >= 0.6 is 0 Å². The molecule has 0 atom stereocenters. The summed E-state index contributed by atoms with van der Waals surface area (Å²) in [4.78, 5) is 4.28. The second-order valence-corrected chi connectivity index (χ2v) is 3.66. The second kappa shape index (κ2) is 1.57. The number of nitrogens with zero attached hydrogens (tertiary/aromatic N) is 1. The summed E-state index contributed by atoms with van der Waals surface area (Å²) in [7, 11) is 0. The van der Waals surface area contributed by atoms with Crippen LogP contribution in [0.3, 0.4) is 0 Å². The van der Waals surface area contributed by atoms with Gasteiger partial charge in [0.2, 0.25) is 0 Å². The third-order valence-electron chi connectivity index (χ3n) is 1.34. The van der Waals surface area contributed by atoms with Gasteiger partial charge >= 0.3 is 0 Å². The third-order valence-corrected chi connectivity index (χ3v) is 1.34. The predicted molar refractivity (Wildman–Crippen MR) is 39.8 cm³/mol. The van der Waals surface area contributed by atoms with E-state index in [0.29, 0.717) is 0 Å². The quantitative estimate of drug-likeness (QED) is 0.517. The molecule has 0 aromatic carbocycles.